The second-order valence-corrected chi connectivity index (χ2v) is 28.6. The molecule has 0 saturated heterocycles. The highest BCUT2D eigenvalue weighted by molar-refractivity contribution is 5.96. The van der Waals surface area contributed by atoms with Crippen LogP contribution in [0.5, 0.6) is 0 Å². The summed E-state index contributed by atoms with van der Waals surface area (Å²) >= 11 is 0. The first kappa shape index (κ1) is 63.5. The zero-order valence-corrected chi connectivity index (χ0v) is 57.5. The van der Waals surface area contributed by atoms with Gasteiger partial charge in [0.25, 0.3) is 0 Å². The molecule has 0 saturated carbocycles. The second-order valence-electron chi connectivity index (χ2n) is 28.6. The van der Waals surface area contributed by atoms with E-state index < -0.39 is 0 Å². The average Bonchev–Trinajstić information content (AvgIpc) is 1.61. The number of anilines is 8. The first-order valence-electron chi connectivity index (χ1n) is 34.5. The van der Waals surface area contributed by atoms with E-state index in [4.69, 9.17) is 0 Å². The summed E-state index contributed by atoms with van der Waals surface area (Å²) < 4.78 is 13.0. The van der Waals surface area contributed by atoms with Crippen molar-refractivity contribution in [3.05, 3.63) is 372 Å². The molecule has 4 N–H and O–H groups in total. The fourth-order valence-corrected chi connectivity index (χ4v) is 15.5. The summed E-state index contributed by atoms with van der Waals surface area (Å²) in [7, 11) is 0. The van der Waals surface area contributed by atoms with Crippen LogP contribution in [0.4, 0.5) is 49.9 Å². The third-order valence-electron chi connectivity index (χ3n) is 20.9. The van der Waals surface area contributed by atoms with E-state index in [-0.39, 0.29) is 27.5 Å². The van der Waals surface area contributed by atoms with Gasteiger partial charge >= 0.3 is 0 Å². The summed E-state index contributed by atoms with van der Waals surface area (Å²) in [5.41, 5.74) is 33.2. The van der Waals surface area contributed by atoms with Gasteiger partial charge in [0.1, 0.15) is 5.82 Å². The molecule has 0 radical (unpaired) electrons. The van der Waals surface area contributed by atoms with Gasteiger partial charge in [0.05, 0.1) is 0 Å². The summed E-state index contributed by atoms with van der Waals surface area (Å²) in [6, 6.07) is 112. The predicted octanol–water partition coefficient (Wildman–Crippen LogP) is 25.9. The van der Waals surface area contributed by atoms with Crippen molar-refractivity contribution in [1.29, 1.82) is 0 Å². The van der Waals surface area contributed by atoms with Crippen molar-refractivity contribution in [2.45, 2.75) is 77.0 Å². The highest BCUT2D eigenvalue weighted by Gasteiger charge is 2.39. The largest absolute Gasteiger partial charge is 0.356 e. The van der Waals surface area contributed by atoms with Crippen molar-refractivity contribution in [1.82, 2.24) is 0 Å². The minimum absolute atomic E-state index is 0.00753. The van der Waals surface area contributed by atoms with Gasteiger partial charge in [-0.2, -0.15) is 0 Å². The number of hydrogen-bond donors (Lipinski definition) is 4. The Labute approximate surface area is 583 Å². The molecule has 5 heteroatoms. The van der Waals surface area contributed by atoms with Gasteiger partial charge in [0, 0.05) is 72.5 Å². The topological polar surface area (TPSA) is 48.1 Å². The van der Waals surface area contributed by atoms with Crippen LogP contribution in [0.25, 0.3) is 66.4 Å². The van der Waals surface area contributed by atoms with Gasteiger partial charge in [0.15, 0.2) is 0 Å². The molecule has 14 aromatic carbocycles. The number of fused-ring (bicyclic) bond motifs is 13. The molecule has 0 aliphatic heterocycles. The lowest BCUT2D eigenvalue weighted by molar-refractivity contribution is 0.628. The lowest BCUT2D eigenvalue weighted by Crippen LogP contribution is -2.15. The fraction of sp³-hybridized carbons (Fsp3) is 0.128. The van der Waals surface area contributed by atoms with Gasteiger partial charge in [-0.1, -0.05) is 274 Å². The average molecular weight is 1290 g/mol. The second kappa shape index (κ2) is 25.8. The maximum Gasteiger partial charge on any atom is 0.123 e. The van der Waals surface area contributed by atoms with Gasteiger partial charge < -0.3 is 21.3 Å². The van der Waals surface area contributed by atoms with Crippen LogP contribution in [0.1, 0.15) is 99.9 Å². The van der Waals surface area contributed by atoms with Crippen LogP contribution in [-0.2, 0) is 21.7 Å². The Balaban J connectivity index is 0.000000108. The van der Waals surface area contributed by atoms with Crippen molar-refractivity contribution < 1.29 is 4.39 Å². The Morgan fingerprint density at radius 1 is 0.212 bits per heavy atom. The summed E-state index contributed by atoms with van der Waals surface area (Å²) in [5.74, 6) is -0.221. The number of rotatable bonds is 9. The van der Waals surface area contributed by atoms with Gasteiger partial charge in [-0.3, -0.25) is 0 Å². The van der Waals surface area contributed by atoms with E-state index in [0.29, 0.717) is 0 Å². The molecule has 0 aromatic heterocycles. The smallest absolute Gasteiger partial charge is 0.123 e. The first-order valence-corrected chi connectivity index (χ1v) is 34.5. The van der Waals surface area contributed by atoms with E-state index >= 15 is 0 Å². The van der Waals surface area contributed by atoms with Crippen LogP contribution < -0.4 is 21.3 Å². The molecular formula is C94H81FN4. The van der Waals surface area contributed by atoms with Crippen LogP contribution in [0, 0.1) is 5.82 Å². The van der Waals surface area contributed by atoms with E-state index in [9.17, 15) is 4.39 Å². The number of para-hydroxylation sites is 1. The third kappa shape index (κ3) is 12.1. The Morgan fingerprint density at radius 2 is 0.495 bits per heavy atom. The molecule has 0 atom stereocenters. The van der Waals surface area contributed by atoms with Crippen LogP contribution in [-0.4, -0.2) is 0 Å². The van der Waals surface area contributed by atoms with Crippen LogP contribution in [0.15, 0.2) is 322 Å². The number of nitrogens with one attached hydrogen (secondary N) is 4. The number of halogens is 1. The predicted molar refractivity (Wildman–Crippen MR) is 418 cm³/mol. The first-order chi connectivity index (χ1) is 48.0. The lowest BCUT2D eigenvalue weighted by Gasteiger charge is -2.22. The number of benzene rings is 14. The van der Waals surface area contributed by atoms with Crippen molar-refractivity contribution >= 4 is 56.3 Å². The number of hydrogen-bond acceptors (Lipinski definition) is 4. The molecule has 4 aliphatic carbocycles. The van der Waals surface area contributed by atoms with Gasteiger partial charge in [0.2, 0.25) is 0 Å². The molecule has 0 heterocycles. The molecule has 4 nitrogen and oxygen atoms in total. The molecule has 18 rings (SSSR count). The Bertz CT molecular complexity index is 5310. The van der Waals surface area contributed by atoms with Crippen molar-refractivity contribution in [2.24, 2.45) is 0 Å². The summed E-state index contributed by atoms with van der Waals surface area (Å²) in [4.78, 5) is 0. The molecule has 99 heavy (non-hydrogen) atoms. The Morgan fingerprint density at radius 3 is 0.899 bits per heavy atom. The normalized spacial score (nSPS) is 14.0. The Kier molecular flexibility index (Phi) is 16.6. The summed E-state index contributed by atoms with van der Waals surface area (Å²) in [6.07, 6.45) is 0. The monoisotopic (exact) mass is 1280 g/mol. The van der Waals surface area contributed by atoms with Gasteiger partial charge in [-0.25, -0.2) is 4.39 Å². The minimum Gasteiger partial charge on any atom is -0.356 e. The van der Waals surface area contributed by atoms with E-state index in [1.807, 2.05) is 12.1 Å². The summed E-state index contributed by atoms with van der Waals surface area (Å²) in [6.45, 7) is 18.4. The summed E-state index contributed by atoms with van der Waals surface area (Å²) in [5, 5.41) is 16.6. The zero-order valence-electron chi connectivity index (χ0n) is 57.5. The minimum atomic E-state index is -0.221. The molecule has 0 bridgehead atoms. The molecular weight excluding hydrogens is 1200 g/mol. The van der Waals surface area contributed by atoms with E-state index in [1.165, 1.54) is 123 Å². The molecule has 0 unspecified atom stereocenters. The molecule has 484 valence electrons. The Hall–Kier alpha value is -11.5. The van der Waals surface area contributed by atoms with Crippen molar-refractivity contribution in [3.8, 4) is 55.6 Å². The standard InChI is InChI=1S/C27H23N.C25H21N.C21H18FN.C21H19N/c1-27(2)25-11-7-6-10-23(25)24-17-16-22(18-26(24)27)28-21-14-12-20(13-15-21)19-8-4-3-5-9-19;1-25(2)22-12-6-5-11-20(22)21-15-14-18(16-23(21)25)26-24-13-7-9-17-8-3-4-10-19(17)24;1-21(2)19-6-4-3-5-17(19)18-12-11-16(13-20(18)21)23-15-9-7-14(22)8-10-15;1-21(2)19-11-7-6-10-17(19)18-13-12-16(14-20(18)21)22-15-8-4-3-5-9-15/h3-18,28H,1-2H3;3-16,26H,1-2H3;3-13,23H,1-2H3;3-14,22H,1-2H3. The SMILES string of the molecule is CC1(C)c2ccccc2-c2ccc(Nc3ccc(-c4ccccc4)cc3)cc21.CC1(C)c2ccccc2-c2ccc(Nc3ccc(F)cc3)cc21.CC1(C)c2ccccc2-c2ccc(Nc3cccc4ccccc34)cc21.CC1(C)c2ccccc2-c2ccc(Nc3ccccc3)cc21. The van der Waals surface area contributed by atoms with Crippen LogP contribution in [0.3, 0.4) is 0 Å². The van der Waals surface area contributed by atoms with Crippen LogP contribution in [0.2, 0.25) is 0 Å². The molecule has 0 amide bonds. The molecule has 14 aromatic rings. The van der Waals surface area contributed by atoms with E-state index in [2.05, 4.69) is 362 Å². The highest BCUT2D eigenvalue weighted by atomic mass is 19.1. The molecule has 0 fully saturated rings. The van der Waals surface area contributed by atoms with Gasteiger partial charge in [-0.05, 0) is 209 Å². The lowest BCUT2D eigenvalue weighted by atomic mass is 9.82. The third-order valence-corrected chi connectivity index (χ3v) is 20.9. The van der Waals surface area contributed by atoms with E-state index in [0.717, 1.165) is 45.5 Å². The van der Waals surface area contributed by atoms with Crippen molar-refractivity contribution in [2.75, 3.05) is 21.3 Å². The molecule has 4 aliphatic rings. The van der Waals surface area contributed by atoms with Crippen molar-refractivity contribution in [3.63, 3.8) is 0 Å². The zero-order chi connectivity index (χ0) is 68.0. The highest BCUT2D eigenvalue weighted by Crippen LogP contribution is 2.53. The fourth-order valence-electron chi connectivity index (χ4n) is 15.5. The quantitative estimate of drug-likeness (QED) is 0.116. The maximum absolute atomic E-state index is 13.0. The molecule has 0 spiro atoms. The van der Waals surface area contributed by atoms with E-state index in [1.54, 1.807) is 12.1 Å². The maximum atomic E-state index is 13.0. The van der Waals surface area contributed by atoms with Gasteiger partial charge in [-0.15, -0.1) is 0 Å². The van der Waals surface area contributed by atoms with Crippen LogP contribution >= 0.6 is 0 Å².